The second-order valence-electron chi connectivity index (χ2n) is 4.81. The summed E-state index contributed by atoms with van der Waals surface area (Å²) in [4.78, 5) is 8.51. The number of hydrogen-bond acceptors (Lipinski definition) is 5. The third-order valence-corrected chi connectivity index (χ3v) is 3.40. The van der Waals surface area contributed by atoms with Gasteiger partial charge in [0.05, 0.1) is 17.8 Å². The minimum Gasteiger partial charge on any atom is -0.378 e. The lowest BCUT2D eigenvalue weighted by molar-refractivity contribution is 0.101. The number of hydrazine groups is 1. The van der Waals surface area contributed by atoms with E-state index in [0.717, 1.165) is 37.4 Å². The van der Waals surface area contributed by atoms with Crippen molar-refractivity contribution in [2.75, 3.05) is 6.61 Å². The second kappa shape index (κ2) is 6.78. The molecule has 1 fully saturated rings. The van der Waals surface area contributed by atoms with Gasteiger partial charge < -0.3 is 4.74 Å². The Balaban J connectivity index is 1.81. The minimum atomic E-state index is 0.105. The van der Waals surface area contributed by atoms with E-state index in [2.05, 4.69) is 15.4 Å². The van der Waals surface area contributed by atoms with Crippen LogP contribution in [0.25, 0.3) is 0 Å². The van der Waals surface area contributed by atoms with Crippen LogP contribution in [0.2, 0.25) is 0 Å². The van der Waals surface area contributed by atoms with Crippen LogP contribution in [0.1, 0.15) is 49.7 Å². The van der Waals surface area contributed by atoms with Crippen molar-refractivity contribution in [1.29, 1.82) is 0 Å². The van der Waals surface area contributed by atoms with Crippen LogP contribution >= 0.6 is 0 Å². The number of ether oxygens (including phenoxy) is 1. The summed E-state index contributed by atoms with van der Waals surface area (Å²) in [7, 11) is 0. The number of aryl methyl sites for hydroxylation is 1. The average Bonchev–Trinajstić information content (AvgIpc) is 2.88. The van der Waals surface area contributed by atoms with Crippen LogP contribution in [-0.2, 0) is 4.74 Å². The van der Waals surface area contributed by atoms with E-state index >= 15 is 0 Å². The Morgan fingerprint density at radius 1 is 1.61 bits per heavy atom. The summed E-state index contributed by atoms with van der Waals surface area (Å²) < 4.78 is 5.62. The van der Waals surface area contributed by atoms with E-state index in [1.807, 2.05) is 13.0 Å². The van der Waals surface area contributed by atoms with E-state index < -0.39 is 0 Å². The monoisotopic (exact) mass is 250 g/mol. The van der Waals surface area contributed by atoms with Crippen LogP contribution < -0.4 is 11.3 Å². The average molecular weight is 250 g/mol. The SMILES string of the molecule is Cc1nccc(C(CCCC2CCCO2)NN)n1. The van der Waals surface area contributed by atoms with Gasteiger partial charge in [-0.1, -0.05) is 0 Å². The highest BCUT2D eigenvalue weighted by Crippen LogP contribution is 2.21. The summed E-state index contributed by atoms with van der Waals surface area (Å²) in [6.45, 7) is 2.82. The van der Waals surface area contributed by atoms with Gasteiger partial charge >= 0.3 is 0 Å². The van der Waals surface area contributed by atoms with Crippen molar-refractivity contribution in [1.82, 2.24) is 15.4 Å². The maximum Gasteiger partial charge on any atom is 0.125 e. The summed E-state index contributed by atoms with van der Waals surface area (Å²) in [5.74, 6) is 6.39. The van der Waals surface area contributed by atoms with E-state index in [4.69, 9.17) is 10.6 Å². The van der Waals surface area contributed by atoms with E-state index in [1.54, 1.807) is 6.20 Å². The first kappa shape index (κ1) is 13.4. The van der Waals surface area contributed by atoms with Crippen LogP contribution in [0.15, 0.2) is 12.3 Å². The van der Waals surface area contributed by atoms with Gasteiger partial charge in [0.25, 0.3) is 0 Å². The van der Waals surface area contributed by atoms with Crippen molar-refractivity contribution < 1.29 is 4.74 Å². The van der Waals surface area contributed by atoms with Crippen molar-refractivity contribution >= 4 is 0 Å². The molecule has 0 spiro atoms. The maximum absolute atomic E-state index is 5.62. The first-order valence-corrected chi connectivity index (χ1v) is 6.67. The van der Waals surface area contributed by atoms with E-state index in [1.165, 1.54) is 12.8 Å². The fourth-order valence-electron chi connectivity index (χ4n) is 2.41. The Morgan fingerprint density at radius 3 is 3.17 bits per heavy atom. The zero-order chi connectivity index (χ0) is 12.8. The molecule has 1 saturated heterocycles. The quantitative estimate of drug-likeness (QED) is 0.593. The van der Waals surface area contributed by atoms with E-state index in [-0.39, 0.29) is 6.04 Å². The summed E-state index contributed by atoms with van der Waals surface area (Å²) in [5, 5.41) is 0. The maximum atomic E-state index is 5.62. The Morgan fingerprint density at radius 2 is 2.50 bits per heavy atom. The van der Waals surface area contributed by atoms with E-state index in [9.17, 15) is 0 Å². The molecular weight excluding hydrogens is 228 g/mol. The van der Waals surface area contributed by atoms with Gasteiger partial charge in [0.15, 0.2) is 0 Å². The first-order valence-electron chi connectivity index (χ1n) is 6.67. The predicted molar refractivity (Wildman–Crippen MR) is 69.7 cm³/mol. The highest BCUT2D eigenvalue weighted by molar-refractivity contribution is 5.06. The van der Waals surface area contributed by atoms with Gasteiger partial charge in [-0.2, -0.15) is 0 Å². The Kier molecular flexibility index (Phi) is 5.04. The fourth-order valence-corrected chi connectivity index (χ4v) is 2.41. The molecule has 100 valence electrons. The summed E-state index contributed by atoms with van der Waals surface area (Å²) in [6.07, 6.45) is 7.83. The number of hydrogen-bond donors (Lipinski definition) is 2. The van der Waals surface area contributed by atoms with Gasteiger partial charge in [0, 0.05) is 12.8 Å². The zero-order valence-corrected chi connectivity index (χ0v) is 10.9. The Hall–Kier alpha value is -1.04. The lowest BCUT2D eigenvalue weighted by atomic mass is 10.0. The molecule has 0 amide bonds. The highest BCUT2D eigenvalue weighted by Gasteiger charge is 2.17. The number of rotatable bonds is 6. The molecule has 2 heterocycles. The van der Waals surface area contributed by atoms with Gasteiger partial charge in [-0.05, 0) is 45.1 Å². The van der Waals surface area contributed by atoms with Crippen LogP contribution in [0.4, 0.5) is 0 Å². The number of nitrogens with one attached hydrogen (secondary N) is 1. The second-order valence-corrected chi connectivity index (χ2v) is 4.81. The van der Waals surface area contributed by atoms with Gasteiger partial charge in [-0.3, -0.25) is 11.3 Å². The Bertz CT molecular complexity index is 366. The normalized spacial score (nSPS) is 21.1. The molecule has 5 nitrogen and oxygen atoms in total. The molecule has 3 N–H and O–H groups in total. The molecule has 0 bridgehead atoms. The van der Waals surface area contributed by atoms with Crippen LogP contribution in [0, 0.1) is 6.92 Å². The van der Waals surface area contributed by atoms with Gasteiger partial charge in [0.2, 0.25) is 0 Å². The number of aromatic nitrogens is 2. The fraction of sp³-hybridized carbons (Fsp3) is 0.692. The lowest BCUT2D eigenvalue weighted by Gasteiger charge is -2.16. The van der Waals surface area contributed by atoms with E-state index in [0.29, 0.717) is 6.10 Å². The first-order chi connectivity index (χ1) is 8.79. The molecule has 5 heteroatoms. The third-order valence-electron chi connectivity index (χ3n) is 3.40. The molecule has 0 saturated carbocycles. The van der Waals surface area contributed by atoms with Crippen molar-refractivity contribution in [3.8, 4) is 0 Å². The summed E-state index contributed by atoms with van der Waals surface area (Å²) in [5.41, 5.74) is 3.81. The molecule has 2 atom stereocenters. The molecule has 0 aromatic carbocycles. The van der Waals surface area contributed by atoms with Gasteiger partial charge in [-0.15, -0.1) is 0 Å². The topological polar surface area (TPSA) is 73.1 Å². The number of nitrogens with two attached hydrogens (primary N) is 1. The lowest BCUT2D eigenvalue weighted by Crippen LogP contribution is -2.29. The molecule has 18 heavy (non-hydrogen) atoms. The zero-order valence-electron chi connectivity index (χ0n) is 10.9. The molecule has 1 aromatic heterocycles. The van der Waals surface area contributed by atoms with Crippen molar-refractivity contribution in [2.45, 2.75) is 51.2 Å². The predicted octanol–water partition coefficient (Wildman–Crippen LogP) is 1.64. The molecule has 1 aliphatic heterocycles. The van der Waals surface area contributed by atoms with Gasteiger partial charge in [-0.25, -0.2) is 9.97 Å². The largest absolute Gasteiger partial charge is 0.378 e. The Labute approximate surface area is 108 Å². The molecule has 1 aliphatic rings. The molecule has 2 unspecified atom stereocenters. The minimum absolute atomic E-state index is 0.105. The third kappa shape index (κ3) is 3.73. The summed E-state index contributed by atoms with van der Waals surface area (Å²) >= 11 is 0. The molecule has 0 radical (unpaired) electrons. The molecule has 0 aliphatic carbocycles. The van der Waals surface area contributed by atoms with Crippen molar-refractivity contribution in [3.05, 3.63) is 23.8 Å². The highest BCUT2D eigenvalue weighted by atomic mass is 16.5. The van der Waals surface area contributed by atoms with Gasteiger partial charge in [0.1, 0.15) is 5.82 Å². The van der Waals surface area contributed by atoms with Crippen LogP contribution in [-0.4, -0.2) is 22.7 Å². The number of nitrogens with zero attached hydrogens (tertiary/aromatic N) is 2. The standard InChI is InChI=1S/C13H22N4O/c1-10-15-8-7-12(16-10)13(17-14)6-2-4-11-5-3-9-18-11/h7-8,11,13,17H,2-6,9,14H2,1H3. The molecule has 1 aromatic rings. The van der Waals surface area contributed by atoms with Crippen LogP contribution in [0.5, 0.6) is 0 Å². The smallest absolute Gasteiger partial charge is 0.125 e. The van der Waals surface area contributed by atoms with Crippen LogP contribution in [0.3, 0.4) is 0 Å². The summed E-state index contributed by atoms with van der Waals surface area (Å²) in [6, 6.07) is 2.02. The molecular formula is C13H22N4O. The van der Waals surface area contributed by atoms with Crippen molar-refractivity contribution in [2.24, 2.45) is 5.84 Å². The molecule has 2 rings (SSSR count). The van der Waals surface area contributed by atoms with Crippen molar-refractivity contribution in [3.63, 3.8) is 0 Å².